The number of ether oxygens (including phenoxy) is 3. The van der Waals surface area contributed by atoms with Crippen LogP contribution in [0.2, 0.25) is 10.0 Å². The SMILES string of the molecule is CCOc1cc(C=NNC(=O)C(=O)Nc2ccc(OC)cc2)ccc1OCc1ccc(Cl)cc1Cl. The van der Waals surface area contributed by atoms with Crippen LogP contribution in [0, 0.1) is 0 Å². The van der Waals surface area contributed by atoms with Gasteiger partial charge < -0.3 is 19.5 Å². The van der Waals surface area contributed by atoms with Crippen LogP contribution in [-0.4, -0.2) is 31.7 Å². The van der Waals surface area contributed by atoms with Gasteiger partial charge in [0.1, 0.15) is 12.4 Å². The van der Waals surface area contributed by atoms with Gasteiger partial charge in [-0.2, -0.15) is 5.10 Å². The molecule has 10 heteroatoms. The molecule has 3 aromatic carbocycles. The quantitative estimate of drug-likeness (QED) is 0.235. The molecule has 182 valence electrons. The molecule has 35 heavy (non-hydrogen) atoms. The van der Waals surface area contributed by atoms with E-state index in [-0.39, 0.29) is 6.61 Å². The second-order valence-electron chi connectivity index (χ2n) is 7.05. The van der Waals surface area contributed by atoms with Crippen molar-refractivity contribution in [2.45, 2.75) is 13.5 Å². The first-order chi connectivity index (χ1) is 16.9. The summed E-state index contributed by atoms with van der Waals surface area (Å²) in [4.78, 5) is 24.1. The molecule has 0 unspecified atom stereocenters. The maximum atomic E-state index is 12.0. The number of halogens is 2. The molecule has 0 heterocycles. The molecule has 2 amide bonds. The first kappa shape index (κ1) is 25.9. The van der Waals surface area contributed by atoms with Crippen molar-refractivity contribution in [3.63, 3.8) is 0 Å². The first-order valence-corrected chi connectivity index (χ1v) is 11.3. The fourth-order valence-electron chi connectivity index (χ4n) is 2.87. The molecule has 0 aliphatic carbocycles. The summed E-state index contributed by atoms with van der Waals surface area (Å²) in [7, 11) is 1.54. The van der Waals surface area contributed by atoms with Gasteiger partial charge in [0, 0.05) is 21.3 Å². The summed E-state index contributed by atoms with van der Waals surface area (Å²) < 4.78 is 16.6. The highest BCUT2D eigenvalue weighted by molar-refractivity contribution is 6.39. The van der Waals surface area contributed by atoms with Gasteiger partial charge >= 0.3 is 11.8 Å². The van der Waals surface area contributed by atoms with E-state index >= 15 is 0 Å². The first-order valence-electron chi connectivity index (χ1n) is 10.5. The minimum Gasteiger partial charge on any atom is -0.497 e. The van der Waals surface area contributed by atoms with E-state index in [1.165, 1.54) is 13.3 Å². The van der Waals surface area contributed by atoms with Gasteiger partial charge in [0.05, 0.1) is 19.9 Å². The Balaban J connectivity index is 1.59. The Morgan fingerprint density at radius 3 is 2.40 bits per heavy atom. The summed E-state index contributed by atoms with van der Waals surface area (Å²) >= 11 is 12.1. The Morgan fingerprint density at radius 2 is 1.71 bits per heavy atom. The van der Waals surface area contributed by atoms with Crippen molar-refractivity contribution in [3.05, 3.63) is 81.8 Å². The average Bonchev–Trinajstić information content (AvgIpc) is 2.85. The molecule has 0 saturated carbocycles. The summed E-state index contributed by atoms with van der Waals surface area (Å²) in [5.41, 5.74) is 4.05. The van der Waals surface area contributed by atoms with E-state index in [9.17, 15) is 9.59 Å². The van der Waals surface area contributed by atoms with Crippen LogP contribution in [0.25, 0.3) is 0 Å². The van der Waals surface area contributed by atoms with Crippen LogP contribution in [0.3, 0.4) is 0 Å². The van der Waals surface area contributed by atoms with Gasteiger partial charge in [-0.05, 0) is 67.1 Å². The summed E-state index contributed by atoms with van der Waals surface area (Å²) in [6.45, 7) is 2.49. The maximum absolute atomic E-state index is 12.0. The minimum atomic E-state index is -0.915. The Hall–Kier alpha value is -3.75. The van der Waals surface area contributed by atoms with E-state index in [0.29, 0.717) is 45.2 Å². The van der Waals surface area contributed by atoms with Gasteiger partial charge in [-0.15, -0.1) is 0 Å². The molecular formula is C25H23Cl2N3O5. The van der Waals surface area contributed by atoms with Gasteiger partial charge in [-0.1, -0.05) is 29.3 Å². The van der Waals surface area contributed by atoms with Crippen LogP contribution in [0.5, 0.6) is 17.2 Å². The Labute approximate surface area is 212 Å². The van der Waals surface area contributed by atoms with Crippen molar-refractivity contribution in [1.82, 2.24) is 5.43 Å². The van der Waals surface area contributed by atoms with Gasteiger partial charge in [-0.3, -0.25) is 9.59 Å². The molecule has 0 spiro atoms. The molecule has 0 aliphatic rings. The zero-order valence-electron chi connectivity index (χ0n) is 19.0. The molecule has 2 N–H and O–H groups in total. The molecule has 0 aliphatic heterocycles. The highest BCUT2D eigenvalue weighted by Crippen LogP contribution is 2.30. The van der Waals surface area contributed by atoms with E-state index in [1.54, 1.807) is 60.7 Å². The number of benzene rings is 3. The largest absolute Gasteiger partial charge is 0.497 e. The number of carbonyl (C=O) groups excluding carboxylic acids is 2. The fourth-order valence-corrected chi connectivity index (χ4v) is 3.33. The van der Waals surface area contributed by atoms with Crippen molar-refractivity contribution >= 4 is 46.9 Å². The van der Waals surface area contributed by atoms with Gasteiger partial charge in [-0.25, -0.2) is 5.43 Å². The highest BCUT2D eigenvalue weighted by Gasteiger charge is 2.13. The van der Waals surface area contributed by atoms with Crippen molar-refractivity contribution < 1.29 is 23.8 Å². The third-order valence-corrected chi connectivity index (χ3v) is 5.19. The predicted molar refractivity (Wildman–Crippen MR) is 136 cm³/mol. The predicted octanol–water partition coefficient (Wildman–Crippen LogP) is 5.07. The third kappa shape index (κ3) is 7.63. The molecule has 8 nitrogen and oxygen atoms in total. The maximum Gasteiger partial charge on any atom is 0.329 e. The summed E-state index contributed by atoms with van der Waals surface area (Å²) in [5, 5.41) is 7.37. The van der Waals surface area contributed by atoms with Crippen LogP contribution in [0.15, 0.2) is 65.8 Å². The molecule has 0 atom stereocenters. The monoisotopic (exact) mass is 515 g/mol. The van der Waals surface area contributed by atoms with Crippen molar-refractivity contribution in [2.24, 2.45) is 5.10 Å². The second kappa shape index (κ2) is 12.6. The van der Waals surface area contributed by atoms with Crippen molar-refractivity contribution in [2.75, 3.05) is 19.0 Å². The molecule has 0 aromatic heterocycles. The molecule has 3 aromatic rings. The molecule has 0 radical (unpaired) electrons. The number of hydrogen-bond donors (Lipinski definition) is 2. The molecule has 0 saturated heterocycles. The third-order valence-electron chi connectivity index (χ3n) is 4.60. The highest BCUT2D eigenvalue weighted by atomic mass is 35.5. The number of hydrogen-bond acceptors (Lipinski definition) is 6. The second-order valence-corrected chi connectivity index (χ2v) is 7.89. The van der Waals surface area contributed by atoms with E-state index in [4.69, 9.17) is 37.4 Å². The van der Waals surface area contributed by atoms with Crippen LogP contribution in [0.1, 0.15) is 18.1 Å². The smallest absolute Gasteiger partial charge is 0.329 e. The Bertz CT molecular complexity index is 1220. The molecule has 3 rings (SSSR count). The summed E-state index contributed by atoms with van der Waals surface area (Å²) in [6, 6.07) is 16.9. The number of methoxy groups -OCH3 is 1. The average molecular weight is 516 g/mol. The lowest BCUT2D eigenvalue weighted by molar-refractivity contribution is -0.136. The van der Waals surface area contributed by atoms with Crippen LogP contribution in [-0.2, 0) is 16.2 Å². The number of amides is 2. The fraction of sp³-hybridized carbons (Fsp3) is 0.160. The number of hydrazone groups is 1. The Morgan fingerprint density at radius 1 is 0.943 bits per heavy atom. The number of rotatable bonds is 9. The topological polar surface area (TPSA) is 98.2 Å². The standard InChI is InChI=1S/C25H23Cl2N3O5/c1-3-34-23-12-16(4-11-22(23)35-15-17-5-6-18(26)13-21(17)27)14-28-30-25(32)24(31)29-19-7-9-20(33-2)10-8-19/h4-14H,3,15H2,1-2H3,(H,29,31)(H,30,32). The van der Waals surface area contributed by atoms with Gasteiger partial charge in [0.15, 0.2) is 11.5 Å². The van der Waals surface area contributed by atoms with E-state index in [1.807, 2.05) is 6.92 Å². The van der Waals surface area contributed by atoms with E-state index in [2.05, 4.69) is 15.8 Å². The lowest BCUT2D eigenvalue weighted by atomic mass is 10.2. The molecule has 0 fully saturated rings. The summed E-state index contributed by atoms with van der Waals surface area (Å²) in [6.07, 6.45) is 1.39. The van der Waals surface area contributed by atoms with E-state index in [0.717, 1.165) is 5.56 Å². The van der Waals surface area contributed by atoms with Gasteiger partial charge in [0.25, 0.3) is 0 Å². The zero-order valence-corrected chi connectivity index (χ0v) is 20.5. The van der Waals surface area contributed by atoms with Crippen molar-refractivity contribution in [3.8, 4) is 17.2 Å². The van der Waals surface area contributed by atoms with Crippen molar-refractivity contribution in [1.29, 1.82) is 0 Å². The lowest BCUT2D eigenvalue weighted by Crippen LogP contribution is -2.32. The van der Waals surface area contributed by atoms with E-state index < -0.39 is 11.8 Å². The number of nitrogens with zero attached hydrogens (tertiary/aromatic N) is 1. The number of anilines is 1. The van der Waals surface area contributed by atoms with Gasteiger partial charge in [0.2, 0.25) is 0 Å². The lowest BCUT2D eigenvalue weighted by Gasteiger charge is -2.13. The Kier molecular flexibility index (Phi) is 9.34. The number of nitrogens with one attached hydrogen (secondary N) is 2. The number of carbonyl (C=O) groups is 2. The minimum absolute atomic E-state index is 0.225. The molecular weight excluding hydrogens is 493 g/mol. The summed E-state index contributed by atoms with van der Waals surface area (Å²) in [5.74, 6) is -0.134. The van der Waals surface area contributed by atoms with Crippen LogP contribution in [0.4, 0.5) is 5.69 Å². The van der Waals surface area contributed by atoms with Crippen LogP contribution >= 0.6 is 23.2 Å². The van der Waals surface area contributed by atoms with Crippen LogP contribution < -0.4 is 25.0 Å². The molecule has 0 bridgehead atoms. The zero-order chi connectivity index (χ0) is 25.2. The normalized spacial score (nSPS) is 10.6.